The molecule has 2 heteroatoms. The van der Waals surface area contributed by atoms with E-state index in [0.29, 0.717) is 0 Å². The number of halogens is 1. The van der Waals surface area contributed by atoms with Crippen LogP contribution in [-0.4, -0.2) is 5.11 Å². The molecule has 0 aliphatic carbocycles. The SMILES string of the molecule is C[C@@](O)(c1ccccc1)c1ccccc1Br. The van der Waals surface area contributed by atoms with Crippen molar-refractivity contribution in [1.29, 1.82) is 0 Å². The van der Waals surface area contributed by atoms with Crippen molar-refractivity contribution in [2.24, 2.45) is 0 Å². The second-order valence-corrected chi connectivity index (χ2v) is 4.77. The Morgan fingerprint density at radius 3 is 2.12 bits per heavy atom. The number of aliphatic hydroxyl groups is 1. The highest BCUT2D eigenvalue weighted by molar-refractivity contribution is 9.10. The van der Waals surface area contributed by atoms with Crippen molar-refractivity contribution >= 4 is 15.9 Å². The van der Waals surface area contributed by atoms with Crippen LogP contribution < -0.4 is 0 Å². The van der Waals surface area contributed by atoms with Crippen LogP contribution in [0, 0.1) is 0 Å². The Labute approximate surface area is 104 Å². The number of benzene rings is 2. The fourth-order valence-electron chi connectivity index (χ4n) is 1.77. The summed E-state index contributed by atoms with van der Waals surface area (Å²) >= 11 is 3.47. The molecule has 0 aliphatic heterocycles. The monoisotopic (exact) mass is 276 g/mol. The van der Waals surface area contributed by atoms with Crippen molar-refractivity contribution in [3.05, 3.63) is 70.2 Å². The first-order valence-electron chi connectivity index (χ1n) is 5.15. The lowest BCUT2D eigenvalue weighted by atomic mass is 9.88. The molecule has 0 bridgehead atoms. The summed E-state index contributed by atoms with van der Waals surface area (Å²) in [5.74, 6) is 0. The molecule has 2 aromatic rings. The van der Waals surface area contributed by atoms with E-state index in [1.807, 2.05) is 61.5 Å². The van der Waals surface area contributed by atoms with Crippen LogP contribution in [0.2, 0.25) is 0 Å². The lowest BCUT2D eigenvalue weighted by molar-refractivity contribution is 0.101. The molecule has 0 saturated heterocycles. The van der Waals surface area contributed by atoms with Crippen LogP contribution in [0.5, 0.6) is 0 Å². The normalized spacial score (nSPS) is 14.4. The van der Waals surface area contributed by atoms with E-state index in [2.05, 4.69) is 15.9 Å². The first-order valence-corrected chi connectivity index (χ1v) is 5.94. The van der Waals surface area contributed by atoms with E-state index in [0.717, 1.165) is 15.6 Å². The van der Waals surface area contributed by atoms with Gasteiger partial charge in [-0.25, -0.2) is 0 Å². The maximum absolute atomic E-state index is 10.6. The minimum atomic E-state index is -0.971. The molecule has 0 unspecified atom stereocenters. The van der Waals surface area contributed by atoms with E-state index in [9.17, 15) is 5.11 Å². The molecule has 0 radical (unpaired) electrons. The summed E-state index contributed by atoms with van der Waals surface area (Å²) in [6, 6.07) is 17.4. The molecule has 0 aromatic heterocycles. The Morgan fingerprint density at radius 1 is 0.938 bits per heavy atom. The highest BCUT2D eigenvalue weighted by atomic mass is 79.9. The Hall–Kier alpha value is -1.12. The molecule has 1 atom stereocenters. The van der Waals surface area contributed by atoms with E-state index < -0.39 is 5.60 Å². The Bertz CT molecular complexity index is 477. The average molecular weight is 277 g/mol. The third-order valence-corrected chi connectivity index (χ3v) is 3.43. The van der Waals surface area contributed by atoms with Gasteiger partial charge in [0.1, 0.15) is 5.60 Å². The van der Waals surface area contributed by atoms with Gasteiger partial charge < -0.3 is 5.11 Å². The van der Waals surface area contributed by atoms with Gasteiger partial charge in [-0.2, -0.15) is 0 Å². The maximum atomic E-state index is 10.6. The van der Waals surface area contributed by atoms with Crippen molar-refractivity contribution in [3.8, 4) is 0 Å². The largest absolute Gasteiger partial charge is 0.381 e. The first-order chi connectivity index (χ1) is 7.62. The Morgan fingerprint density at radius 2 is 1.50 bits per heavy atom. The fraction of sp³-hybridized carbons (Fsp3) is 0.143. The van der Waals surface area contributed by atoms with Gasteiger partial charge in [0, 0.05) is 10.0 Å². The molecular formula is C14H13BrO. The number of hydrogen-bond acceptors (Lipinski definition) is 1. The average Bonchev–Trinajstić information content (AvgIpc) is 2.30. The Kier molecular flexibility index (Phi) is 3.13. The van der Waals surface area contributed by atoms with E-state index in [1.165, 1.54) is 0 Å². The minimum Gasteiger partial charge on any atom is -0.381 e. The smallest absolute Gasteiger partial charge is 0.113 e. The molecule has 2 rings (SSSR count). The molecule has 0 fully saturated rings. The van der Waals surface area contributed by atoms with Gasteiger partial charge in [-0.1, -0.05) is 64.5 Å². The molecule has 16 heavy (non-hydrogen) atoms. The number of hydrogen-bond donors (Lipinski definition) is 1. The zero-order valence-electron chi connectivity index (χ0n) is 9.02. The fourth-order valence-corrected chi connectivity index (χ4v) is 2.45. The van der Waals surface area contributed by atoms with E-state index in [4.69, 9.17) is 0 Å². The lowest BCUT2D eigenvalue weighted by Crippen LogP contribution is -2.23. The molecule has 0 heterocycles. The molecule has 1 N–H and O–H groups in total. The van der Waals surface area contributed by atoms with Crippen LogP contribution >= 0.6 is 15.9 Å². The molecular weight excluding hydrogens is 264 g/mol. The van der Waals surface area contributed by atoms with Crippen LogP contribution in [0.1, 0.15) is 18.1 Å². The van der Waals surface area contributed by atoms with Gasteiger partial charge in [-0.15, -0.1) is 0 Å². The van der Waals surface area contributed by atoms with Gasteiger partial charge in [0.2, 0.25) is 0 Å². The highest BCUT2D eigenvalue weighted by Crippen LogP contribution is 2.33. The predicted molar refractivity (Wildman–Crippen MR) is 69.3 cm³/mol. The summed E-state index contributed by atoms with van der Waals surface area (Å²) in [4.78, 5) is 0. The summed E-state index contributed by atoms with van der Waals surface area (Å²) in [6.07, 6.45) is 0. The standard InChI is InChI=1S/C14H13BrO/c1-14(16,11-7-3-2-4-8-11)12-9-5-6-10-13(12)15/h2-10,16H,1H3/t14-/m1/s1. The van der Waals surface area contributed by atoms with Crippen molar-refractivity contribution < 1.29 is 5.11 Å². The highest BCUT2D eigenvalue weighted by Gasteiger charge is 2.26. The maximum Gasteiger partial charge on any atom is 0.113 e. The Balaban J connectivity index is 2.51. The lowest BCUT2D eigenvalue weighted by Gasteiger charge is -2.25. The van der Waals surface area contributed by atoms with Gasteiger partial charge in [0.15, 0.2) is 0 Å². The van der Waals surface area contributed by atoms with Crippen LogP contribution in [0.15, 0.2) is 59.1 Å². The zero-order valence-corrected chi connectivity index (χ0v) is 10.6. The molecule has 0 spiro atoms. The summed E-state index contributed by atoms with van der Waals surface area (Å²) in [7, 11) is 0. The molecule has 1 nitrogen and oxygen atoms in total. The molecule has 82 valence electrons. The van der Waals surface area contributed by atoms with Crippen LogP contribution in [0.4, 0.5) is 0 Å². The molecule has 2 aromatic carbocycles. The summed E-state index contributed by atoms with van der Waals surface area (Å²) < 4.78 is 0.920. The topological polar surface area (TPSA) is 20.2 Å². The van der Waals surface area contributed by atoms with Crippen molar-refractivity contribution in [3.63, 3.8) is 0 Å². The van der Waals surface area contributed by atoms with Crippen LogP contribution in [0.25, 0.3) is 0 Å². The summed E-state index contributed by atoms with van der Waals surface area (Å²) in [6.45, 7) is 1.81. The van der Waals surface area contributed by atoms with Crippen LogP contribution in [0.3, 0.4) is 0 Å². The predicted octanol–water partition coefficient (Wildman–Crippen LogP) is 3.70. The second-order valence-electron chi connectivity index (χ2n) is 3.92. The van der Waals surface area contributed by atoms with Gasteiger partial charge in [0.25, 0.3) is 0 Å². The van der Waals surface area contributed by atoms with Gasteiger partial charge in [-0.05, 0) is 18.6 Å². The van der Waals surface area contributed by atoms with Crippen LogP contribution in [-0.2, 0) is 5.60 Å². The molecule has 0 aliphatic rings. The minimum absolute atomic E-state index is 0.876. The first kappa shape index (κ1) is 11.4. The third kappa shape index (κ3) is 2.04. The van der Waals surface area contributed by atoms with Crippen molar-refractivity contribution in [2.75, 3.05) is 0 Å². The van der Waals surface area contributed by atoms with E-state index in [1.54, 1.807) is 0 Å². The summed E-state index contributed by atoms with van der Waals surface area (Å²) in [5.41, 5.74) is 0.796. The zero-order chi connectivity index (χ0) is 11.6. The van der Waals surface area contributed by atoms with Crippen molar-refractivity contribution in [2.45, 2.75) is 12.5 Å². The third-order valence-electron chi connectivity index (χ3n) is 2.73. The summed E-state index contributed by atoms with van der Waals surface area (Å²) in [5, 5.41) is 10.6. The second kappa shape index (κ2) is 4.40. The van der Waals surface area contributed by atoms with Crippen molar-refractivity contribution in [1.82, 2.24) is 0 Å². The van der Waals surface area contributed by atoms with E-state index in [-0.39, 0.29) is 0 Å². The number of rotatable bonds is 2. The quantitative estimate of drug-likeness (QED) is 0.887. The van der Waals surface area contributed by atoms with E-state index >= 15 is 0 Å². The molecule has 0 amide bonds. The van der Waals surface area contributed by atoms with Gasteiger partial charge in [0.05, 0.1) is 0 Å². The van der Waals surface area contributed by atoms with Gasteiger partial charge in [-0.3, -0.25) is 0 Å². The van der Waals surface area contributed by atoms with Gasteiger partial charge >= 0.3 is 0 Å². The molecule has 0 saturated carbocycles.